The van der Waals surface area contributed by atoms with Crippen molar-refractivity contribution in [2.45, 2.75) is 12.8 Å². The SMILES string of the molecule is O=C(c1ccco1)N1CCN(CCN2C(=O)CCC2=O)CC1. The zero-order valence-corrected chi connectivity index (χ0v) is 12.4. The molecule has 0 saturated carbocycles. The summed E-state index contributed by atoms with van der Waals surface area (Å²) >= 11 is 0. The fraction of sp³-hybridized carbons (Fsp3) is 0.533. The first-order valence-electron chi connectivity index (χ1n) is 7.53. The first kappa shape index (κ1) is 14.8. The molecule has 7 nitrogen and oxygen atoms in total. The topological polar surface area (TPSA) is 74.1 Å². The highest BCUT2D eigenvalue weighted by Crippen LogP contribution is 2.13. The molecular formula is C15H19N3O4. The molecule has 2 saturated heterocycles. The van der Waals surface area contributed by atoms with Crippen molar-refractivity contribution < 1.29 is 18.8 Å². The van der Waals surface area contributed by atoms with Gasteiger partial charge in [-0.05, 0) is 12.1 Å². The van der Waals surface area contributed by atoms with E-state index in [-0.39, 0.29) is 17.7 Å². The molecule has 3 rings (SSSR count). The molecule has 2 aliphatic rings. The van der Waals surface area contributed by atoms with Gasteiger partial charge in [-0.15, -0.1) is 0 Å². The van der Waals surface area contributed by atoms with Crippen molar-refractivity contribution in [1.29, 1.82) is 0 Å². The maximum Gasteiger partial charge on any atom is 0.289 e. The van der Waals surface area contributed by atoms with Crippen LogP contribution < -0.4 is 0 Å². The summed E-state index contributed by atoms with van der Waals surface area (Å²) in [5.74, 6) is 0.129. The van der Waals surface area contributed by atoms with Crippen LogP contribution in [0.3, 0.4) is 0 Å². The monoisotopic (exact) mass is 305 g/mol. The molecule has 0 bridgehead atoms. The Labute approximate surface area is 128 Å². The third-order valence-corrected chi connectivity index (χ3v) is 4.19. The minimum absolute atomic E-state index is 0.0726. The van der Waals surface area contributed by atoms with E-state index in [0.29, 0.717) is 44.8 Å². The number of hydrogen-bond acceptors (Lipinski definition) is 5. The van der Waals surface area contributed by atoms with Gasteiger partial charge in [-0.2, -0.15) is 0 Å². The molecule has 3 heterocycles. The third kappa shape index (κ3) is 3.04. The van der Waals surface area contributed by atoms with Crippen LogP contribution in [0.1, 0.15) is 23.4 Å². The zero-order chi connectivity index (χ0) is 15.5. The van der Waals surface area contributed by atoms with E-state index < -0.39 is 0 Å². The van der Waals surface area contributed by atoms with E-state index in [1.807, 2.05) is 0 Å². The second-order valence-electron chi connectivity index (χ2n) is 5.55. The van der Waals surface area contributed by atoms with Gasteiger partial charge in [0.25, 0.3) is 5.91 Å². The second-order valence-corrected chi connectivity index (χ2v) is 5.55. The van der Waals surface area contributed by atoms with Crippen LogP contribution in [0.25, 0.3) is 0 Å². The number of nitrogens with zero attached hydrogens (tertiary/aromatic N) is 3. The minimum Gasteiger partial charge on any atom is -0.459 e. The van der Waals surface area contributed by atoms with Gasteiger partial charge in [-0.25, -0.2) is 0 Å². The van der Waals surface area contributed by atoms with E-state index in [2.05, 4.69) is 4.90 Å². The van der Waals surface area contributed by atoms with Gasteiger partial charge in [0.05, 0.1) is 6.26 Å². The molecule has 0 aromatic carbocycles. The van der Waals surface area contributed by atoms with Crippen molar-refractivity contribution in [3.8, 4) is 0 Å². The standard InChI is InChI=1S/C15H19N3O4/c19-13-3-4-14(20)18(13)10-7-16-5-8-17(9-6-16)15(21)12-2-1-11-22-12/h1-2,11H,3-10H2. The minimum atomic E-state index is -0.0884. The number of piperazine rings is 1. The maximum absolute atomic E-state index is 12.1. The molecule has 0 unspecified atom stereocenters. The number of amides is 3. The highest BCUT2D eigenvalue weighted by atomic mass is 16.3. The average molecular weight is 305 g/mol. The Morgan fingerprint density at radius 1 is 1.05 bits per heavy atom. The Kier molecular flexibility index (Phi) is 4.24. The maximum atomic E-state index is 12.1. The summed E-state index contributed by atoms with van der Waals surface area (Å²) in [5, 5.41) is 0. The van der Waals surface area contributed by atoms with Crippen LogP contribution in [0.5, 0.6) is 0 Å². The summed E-state index contributed by atoms with van der Waals surface area (Å²) in [6, 6.07) is 3.37. The largest absolute Gasteiger partial charge is 0.459 e. The molecule has 0 aliphatic carbocycles. The lowest BCUT2D eigenvalue weighted by Gasteiger charge is -2.34. The smallest absolute Gasteiger partial charge is 0.289 e. The Balaban J connectivity index is 1.45. The first-order valence-corrected chi connectivity index (χ1v) is 7.53. The Hall–Kier alpha value is -2.15. The van der Waals surface area contributed by atoms with Crippen molar-refractivity contribution in [3.63, 3.8) is 0 Å². The Morgan fingerprint density at radius 2 is 1.73 bits per heavy atom. The van der Waals surface area contributed by atoms with Crippen LogP contribution in [0.4, 0.5) is 0 Å². The van der Waals surface area contributed by atoms with E-state index in [0.717, 1.165) is 13.1 Å². The van der Waals surface area contributed by atoms with Gasteiger partial charge >= 0.3 is 0 Å². The van der Waals surface area contributed by atoms with Crippen molar-refractivity contribution in [3.05, 3.63) is 24.2 Å². The lowest BCUT2D eigenvalue weighted by molar-refractivity contribution is -0.138. The van der Waals surface area contributed by atoms with E-state index in [9.17, 15) is 14.4 Å². The number of rotatable bonds is 4. The lowest BCUT2D eigenvalue weighted by atomic mass is 10.3. The fourth-order valence-corrected chi connectivity index (χ4v) is 2.84. The molecular weight excluding hydrogens is 286 g/mol. The second kappa shape index (κ2) is 6.31. The first-order chi connectivity index (χ1) is 10.6. The van der Waals surface area contributed by atoms with Gasteiger partial charge < -0.3 is 9.32 Å². The molecule has 2 fully saturated rings. The zero-order valence-electron chi connectivity index (χ0n) is 12.4. The van der Waals surface area contributed by atoms with Crippen LogP contribution in [0.2, 0.25) is 0 Å². The van der Waals surface area contributed by atoms with Crippen LogP contribution >= 0.6 is 0 Å². The average Bonchev–Trinajstić information content (AvgIpc) is 3.17. The molecule has 22 heavy (non-hydrogen) atoms. The van der Waals surface area contributed by atoms with E-state index in [1.165, 1.54) is 11.2 Å². The van der Waals surface area contributed by atoms with E-state index in [4.69, 9.17) is 4.42 Å². The summed E-state index contributed by atoms with van der Waals surface area (Å²) < 4.78 is 5.13. The summed E-state index contributed by atoms with van der Waals surface area (Å²) in [4.78, 5) is 40.5. The molecule has 0 radical (unpaired) electrons. The van der Waals surface area contributed by atoms with Crippen LogP contribution in [0, 0.1) is 0 Å². The number of carbonyl (C=O) groups excluding carboxylic acids is 3. The molecule has 3 amide bonds. The van der Waals surface area contributed by atoms with Gasteiger partial charge in [-0.1, -0.05) is 0 Å². The van der Waals surface area contributed by atoms with Gasteiger partial charge in [0, 0.05) is 52.1 Å². The molecule has 0 N–H and O–H groups in total. The molecule has 1 aromatic heterocycles. The summed E-state index contributed by atoms with van der Waals surface area (Å²) in [5.41, 5.74) is 0. The van der Waals surface area contributed by atoms with Crippen molar-refractivity contribution >= 4 is 17.7 Å². The number of likely N-dealkylation sites (tertiary alicyclic amines) is 1. The van der Waals surface area contributed by atoms with Crippen molar-refractivity contribution in [2.24, 2.45) is 0 Å². The Bertz CT molecular complexity index is 545. The lowest BCUT2D eigenvalue weighted by Crippen LogP contribution is -2.50. The molecule has 118 valence electrons. The molecule has 0 spiro atoms. The summed E-state index contributed by atoms with van der Waals surface area (Å²) in [7, 11) is 0. The predicted octanol–water partition coefficient (Wildman–Crippen LogP) is 0.186. The highest BCUT2D eigenvalue weighted by molar-refractivity contribution is 6.01. The number of imide groups is 1. The van der Waals surface area contributed by atoms with Crippen LogP contribution in [-0.2, 0) is 9.59 Å². The van der Waals surface area contributed by atoms with Crippen LogP contribution in [-0.4, -0.2) is 71.7 Å². The van der Waals surface area contributed by atoms with Gasteiger partial charge in [0.1, 0.15) is 0 Å². The predicted molar refractivity (Wildman–Crippen MR) is 77.0 cm³/mol. The van der Waals surface area contributed by atoms with Crippen molar-refractivity contribution in [2.75, 3.05) is 39.3 Å². The van der Waals surface area contributed by atoms with Crippen LogP contribution in [0.15, 0.2) is 22.8 Å². The quantitative estimate of drug-likeness (QED) is 0.742. The van der Waals surface area contributed by atoms with Gasteiger partial charge in [0.15, 0.2) is 5.76 Å². The highest BCUT2D eigenvalue weighted by Gasteiger charge is 2.29. The van der Waals surface area contributed by atoms with E-state index in [1.54, 1.807) is 17.0 Å². The normalized spacial score (nSPS) is 20.0. The van der Waals surface area contributed by atoms with Crippen molar-refractivity contribution in [1.82, 2.24) is 14.7 Å². The summed E-state index contributed by atoms with van der Waals surface area (Å²) in [6.07, 6.45) is 2.17. The molecule has 1 aromatic rings. The molecule has 7 heteroatoms. The Morgan fingerprint density at radius 3 is 2.32 bits per heavy atom. The number of carbonyl (C=O) groups is 3. The molecule has 2 aliphatic heterocycles. The van der Waals surface area contributed by atoms with E-state index >= 15 is 0 Å². The molecule has 0 atom stereocenters. The third-order valence-electron chi connectivity index (χ3n) is 4.19. The number of furan rings is 1. The van der Waals surface area contributed by atoms with Gasteiger partial charge in [-0.3, -0.25) is 24.2 Å². The van der Waals surface area contributed by atoms with Gasteiger partial charge in [0.2, 0.25) is 11.8 Å². The number of hydrogen-bond donors (Lipinski definition) is 0. The fourth-order valence-electron chi connectivity index (χ4n) is 2.84. The summed E-state index contributed by atoms with van der Waals surface area (Å²) in [6.45, 7) is 3.85.